The number of halogens is 3. The first-order chi connectivity index (χ1) is 9.85. The van der Waals surface area contributed by atoms with Crippen molar-refractivity contribution in [1.29, 1.82) is 0 Å². The van der Waals surface area contributed by atoms with E-state index in [1.54, 1.807) is 11.6 Å². The second-order valence-electron chi connectivity index (χ2n) is 4.29. The summed E-state index contributed by atoms with van der Waals surface area (Å²) in [5.41, 5.74) is 1.80. The van der Waals surface area contributed by atoms with Gasteiger partial charge in [0.2, 0.25) is 3.79 Å². The lowest BCUT2D eigenvalue weighted by Crippen LogP contribution is -2.30. The highest BCUT2D eigenvalue weighted by molar-refractivity contribution is 6.67. The molecule has 0 atom stereocenters. The van der Waals surface area contributed by atoms with Crippen LogP contribution in [0.5, 0.6) is 0 Å². The van der Waals surface area contributed by atoms with E-state index in [0.717, 1.165) is 12.8 Å². The molecule has 0 aromatic rings. The topological polar surface area (TPSA) is 64.6 Å². The van der Waals surface area contributed by atoms with Gasteiger partial charge in [0.1, 0.15) is 6.61 Å². The minimum Gasteiger partial charge on any atom is -0.443 e. The smallest absolute Gasteiger partial charge is 0.440 e. The van der Waals surface area contributed by atoms with Crippen molar-refractivity contribution < 1.29 is 19.2 Å². The average molecular weight is 361 g/mol. The molecule has 0 saturated carbocycles. The summed E-state index contributed by atoms with van der Waals surface area (Å²) in [4.78, 5) is 26.8. The number of hydroxylamine groups is 1. The fraction of sp³-hybridized carbons (Fsp3) is 0.692. The number of allylic oxidation sites excluding steroid dienone is 1. The van der Waals surface area contributed by atoms with E-state index in [2.05, 4.69) is 16.5 Å². The van der Waals surface area contributed by atoms with Crippen LogP contribution in [0.3, 0.4) is 0 Å². The van der Waals surface area contributed by atoms with Gasteiger partial charge in [-0.25, -0.2) is 9.59 Å². The van der Waals surface area contributed by atoms with Crippen molar-refractivity contribution in [3.63, 3.8) is 0 Å². The summed E-state index contributed by atoms with van der Waals surface area (Å²) in [6.07, 6.45) is 8.29. The summed E-state index contributed by atoms with van der Waals surface area (Å²) in [6.45, 7) is 1.70. The SMILES string of the molecule is CCCCCC/C=C/CC(=O)ONC(=O)OCC(Cl)(Cl)Cl. The van der Waals surface area contributed by atoms with Crippen LogP contribution in [0.25, 0.3) is 0 Å². The number of unbranched alkanes of at least 4 members (excludes halogenated alkanes) is 4. The molecule has 0 aromatic heterocycles. The molecule has 0 rings (SSSR count). The number of alkyl halides is 3. The number of carbonyl (C=O) groups excluding carboxylic acids is 2. The zero-order valence-corrected chi connectivity index (χ0v) is 14.1. The molecule has 21 heavy (non-hydrogen) atoms. The number of hydrogen-bond donors (Lipinski definition) is 1. The number of nitrogens with one attached hydrogen (secondary N) is 1. The Morgan fingerprint density at radius 2 is 1.86 bits per heavy atom. The lowest BCUT2D eigenvalue weighted by Gasteiger charge is -2.11. The number of ether oxygens (including phenoxy) is 1. The number of hydrogen-bond acceptors (Lipinski definition) is 4. The molecule has 0 aliphatic rings. The van der Waals surface area contributed by atoms with Crippen LogP contribution in [0.4, 0.5) is 4.79 Å². The average Bonchev–Trinajstić information content (AvgIpc) is 2.41. The van der Waals surface area contributed by atoms with E-state index in [9.17, 15) is 9.59 Å². The molecule has 0 bridgehead atoms. The van der Waals surface area contributed by atoms with Crippen LogP contribution in [-0.4, -0.2) is 22.5 Å². The third kappa shape index (κ3) is 15.6. The van der Waals surface area contributed by atoms with Crippen LogP contribution in [0.15, 0.2) is 12.2 Å². The van der Waals surface area contributed by atoms with Crippen LogP contribution < -0.4 is 5.48 Å². The fourth-order valence-corrected chi connectivity index (χ4v) is 1.47. The van der Waals surface area contributed by atoms with Crippen LogP contribution >= 0.6 is 34.8 Å². The highest BCUT2D eigenvalue weighted by Crippen LogP contribution is 2.25. The van der Waals surface area contributed by atoms with E-state index in [-0.39, 0.29) is 6.42 Å². The first-order valence-electron chi connectivity index (χ1n) is 6.69. The molecule has 0 spiro atoms. The summed E-state index contributed by atoms with van der Waals surface area (Å²) >= 11 is 16.1. The van der Waals surface area contributed by atoms with Gasteiger partial charge in [0.25, 0.3) is 0 Å². The minimum absolute atomic E-state index is 0.0680. The third-order valence-electron chi connectivity index (χ3n) is 2.29. The maximum absolute atomic E-state index is 11.3. The molecule has 5 nitrogen and oxygen atoms in total. The van der Waals surface area contributed by atoms with Crippen molar-refractivity contribution in [1.82, 2.24) is 5.48 Å². The van der Waals surface area contributed by atoms with Gasteiger partial charge in [-0.3, -0.25) is 0 Å². The molecule has 0 heterocycles. The second-order valence-corrected chi connectivity index (χ2v) is 6.81. The molecule has 0 unspecified atom stereocenters. The molecular weight excluding hydrogens is 341 g/mol. The molecule has 122 valence electrons. The Morgan fingerprint density at radius 3 is 2.48 bits per heavy atom. The van der Waals surface area contributed by atoms with Gasteiger partial charge in [-0.15, -0.1) is 5.48 Å². The Hall–Kier alpha value is -0.650. The van der Waals surface area contributed by atoms with Crippen molar-refractivity contribution in [2.45, 2.75) is 49.2 Å². The van der Waals surface area contributed by atoms with Crippen molar-refractivity contribution in [2.75, 3.05) is 6.61 Å². The van der Waals surface area contributed by atoms with Crippen molar-refractivity contribution in [2.24, 2.45) is 0 Å². The molecule has 0 aromatic carbocycles. The molecule has 0 aliphatic carbocycles. The Morgan fingerprint density at radius 1 is 1.14 bits per heavy atom. The van der Waals surface area contributed by atoms with Crippen molar-refractivity contribution >= 4 is 46.9 Å². The third-order valence-corrected chi connectivity index (χ3v) is 2.62. The minimum atomic E-state index is -1.71. The largest absolute Gasteiger partial charge is 0.443 e. The normalized spacial score (nSPS) is 11.4. The predicted octanol–water partition coefficient (Wildman–Crippen LogP) is 4.46. The van der Waals surface area contributed by atoms with Gasteiger partial charge in [0.05, 0.1) is 6.42 Å². The second kappa shape index (κ2) is 12.0. The summed E-state index contributed by atoms with van der Waals surface area (Å²) in [6, 6.07) is 0. The van der Waals surface area contributed by atoms with E-state index in [4.69, 9.17) is 34.8 Å². The summed E-state index contributed by atoms with van der Waals surface area (Å²) in [7, 11) is 0. The molecule has 1 amide bonds. The first kappa shape index (κ1) is 20.3. The number of carbonyl (C=O) groups is 2. The Labute approximate surface area is 139 Å². The van der Waals surface area contributed by atoms with Crippen molar-refractivity contribution in [3.05, 3.63) is 12.2 Å². The molecule has 0 aliphatic heterocycles. The standard InChI is InChI=1S/C13H20Cl3NO4/c1-2-3-4-5-6-7-8-9-11(18)21-17-12(19)20-10-13(14,15)16/h7-8H,2-6,9-10H2,1H3,(H,17,19)/b8-7+. The van der Waals surface area contributed by atoms with Crippen molar-refractivity contribution in [3.8, 4) is 0 Å². The van der Waals surface area contributed by atoms with Gasteiger partial charge in [-0.1, -0.05) is 73.1 Å². The number of rotatable bonds is 8. The van der Waals surface area contributed by atoms with E-state index in [1.807, 2.05) is 6.08 Å². The molecule has 0 radical (unpaired) electrons. The molecule has 0 saturated heterocycles. The fourth-order valence-electron chi connectivity index (χ4n) is 1.30. The predicted molar refractivity (Wildman–Crippen MR) is 83.4 cm³/mol. The van der Waals surface area contributed by atoms with E-state index in [0.29, 0.717) is 0 Å². The molecule has 0 fully saturated rings. The highest BCUT2D eigenvalue weighted by atomic mass is 35.6. The summed E-state index contributed by atoms with van der Waals surface area (Å²) < 4.78 is 2.79. The Balaban J connectivity index is 3.61. The first-order valence-corrected chi connectivity index (χ1v) is 7.82. The Kier molecular flexibility index (Phi) is 11.6. The van der Waals surface area contributed by atoms with Gasteiger partial charge >= 0.3 is 12.1 Å². The molecular formula is C13H20Cl3NO4. The van der Waals surface area contributed by atoms with Crippen LogP contribution in [0.2, 0.25) is 0 Å². The zero-order valence-electron chi connectivity index (χ0n) is 11.9. The van der Waals surface area contributed by atoms with Crippen LogP contribution in [-0.2, 0) is 14.4 Å². The van der Waals surface area contributed by atoms with Gasteiger partial charge < -0.3 is 9.57 Å². The number of amides is 1. The monoisotopic (exact) mass is 359 g/mol. The maximum atomic E-state index is 11.3. The maximum Gasteiger partial charge on any atom is 0.440 e. The quantitative estimate of drug-likeness (QED) is 0.300. The summed E-state index contributed by atoms with van der Waals surface area (Å²) in [5.74, 6) is -0.606. The van der Waals surface area contributed by atoms with Gasteiger partial charge in [0.15, 0.2) is 0 Å². The van der Waals surface area contributed by atoms with Crippen LogP contribution in [0.1, 0.15) is 45.4 Å². The van der Waals surface area contributed by atoms with Gasteiger partial charge in [-0.05, 0) is 12.8 Å². The van der Waals surface area contributed by atoms with E-state index >= 15 is 0 Å². The lowest BCUT2D eigenvalue weighted by atomic mass is 10.1. The van der Waals surface area contributed by atoms with Gasteiger partial charge in [0, 0.05) is 0 Å². The summed E-state index contributed by atoms with van der Waals surface area (Å²) in [5, 5.41) is 0. The van der Waals surface area contributed by atoms with E-state index < -0.39 is 22.5 Å². The zero-order chi connectivity index (χ0) is 16.1. The molecule has 8 heteroatoms. The lowest BCUT2D eigenvalue weighted by molar-refractivity contribution is -0.148. The molecule has 1 N–H and O–H groups in total. The highest BCUT2D eigenvalue weighted by Gasteiger charge is 2.22. The Bertz CT molecular complexity index is 343. The van der Waals surface area contributed by atoms with E-state index in [1.165, 1.54) is 19.3 Å². The van der Waals surface area contributed by atoms with Gasteiger partial charge in [-0.2, -0.15) is 0 Å². The van der Waals surface area contributed by atoms with Crippen LogP contribution in [0, 0.1) is 0 Å².